The van der Waals surface area contributed by atoms with E-state index in [1.807, 2.05) is 0 Å². The lowest BCUT2D eigenvalue weighted by molar-refractivity contribution is -0.143. The molecule has 212 valence electrons. The third-order valence-electron chi connectivity index (χ3n) is 7.63. The summed E-state index contributed by atoms with van der Waals surface area (Å²) in [6.45, 7) is 1.46. The first-order valence-electron chi connectivity index (χ1n) is 12.6. The minimum Gasteiger partial charge on any atom is -0.368 e. The zero-order chi connectivity index (χ0) is 28.8. The molecule has 3 heterocycles. The van der Waals surface area contributed by atoms with Gasteiger partial charge in [0.1, 0.15) is 12.2 Å². The summed E-state index contributed by atoms with van der Waals surface area (Å²) in [6, 6.07) is 0.967. The molecular weight excluding hydrogens is 543 g/mol. The standard InChI is InChI=1S/C28H24F7N3O2/c1-15(17-6-20(27(30,31)32)10-21(7-17)28(33,34)35)40-24-13-38-23(26(24)16-2-4-22(29)5-3-16)8-18(9-25(38)39)19-11-36-14-37-12-19/h2,4-7,9-12,14-16,23-24,26H,3,8,13H2,1H3/t15-,16?,23+,24+,26?/m1/s1. The number of carbonyl (C=O) groups is 1. The second kappa shape index (κ2) is 10.5. The highest BCUT2D eigenvalue weighted by atomic mass is 19.4. The largest absolute Gasteiger partial charge is 0.416 e. The number of carbonyl (C=O) groups excluding carboxylic acids is 1. The third kappa shape index (κ3) is 5.67. The van der Waals surface area contributed by atoms with Crippen molar-refractivity contribution in [2.24, 2.45) is 11.8 Å². The first-order valence-corrected chi connectivity index (χ1v) is 12.6. The van der Waals surface area contributed by atoms with Crippen LogP contribution >= 0.6 is 0 Å². The number of allylic oxidation sites excluding steroid dienone is 4. The molecule has 5 nitrogen and oxygen atoms in total. The van der Waals surface area contributed by atoms with Gasteiger partial charge in [0.05, 0.1) is 23.3 Å². The second-order valence-electron chi connectivity index (χ2n) is 10.1. The smallest absolute Gasteiger partial charge is 0.368 e. The van der Waals surface area contributed by atoms with Gasteiger partial charge in [-0.15, -0.1) is 0 Å². The predicted octanol–water partition coefficient (Wildman–Crippen LogP) is 6.70. The maximum Gasteiger partial charge on any atom is 0.416 e. The number of fused-ring (bicyclic) bond motifs is 1. The molecule has 1 amide bonds. The van der Waals surface area contributed by atoms with Crippen LogP contribution in [0.1, 0.15) is 48.1 Å². The molecule has 0 N–H and O–H groups in total. The molecule has 3 aliphatic rings. The Morgan fingerprint density at radius 2 is 1.68 bits per heavy atom. The molecule has 1 fully saturated rings. The lowest BCUT2D eigenvalue weighted by Gasteiger charge is -2.36. The van der Waals surface area contributed by atoms with E-state index in [1.165, 1.54) is 31.5 Å². The minimum atomic E-state index is -4.99. The first kappa shape index (κ1) is 28.0. The highest BCUT2D eigenvalue weighted by Gasteiger charge is 2.49. The Bertz CT molecular complexity index is 1340. The summed E-state index contributed by atoms with van der Waals surface area (Å²) in [5.41, 5.74) is -1.81. The van der Waals surface area contributed by atoms with Crippen molar-refractivity contribution in [3.63, 3.8) is 0 Å². The minimum absolute atomic E-state index is 0.0712. The number of aromatic nitrogens is 2. The highest BCUT2D eigenvalue weighted by Crippen LogP contribution is 2.45. The number of amides is 1. The van der Waals surface area contributed by atoms with Crippen LogP contribution in [0.25, 0.3) is 5.57 Å². The quantitative estimate of drug-likeness (QED) is 0.377. The van der Waals surface area contributed by atoms with E-state index in [0.29, 0.717) is 36.1 Å². The number of hydrogen-bond donors (Lipinski definition) is 0. The molecule has 12 heteroatoms. The van der Waals surface area contributed by atoms with Crippen LogP contribution in [0.3, 0.4) is 0 Å². The van der Waals surface area contributed by atoms with Crippen LogP contribution in [0.4, 0.5) is 30.7 Å². The molecule has 1 aromatic carbocycles. The van der Waals surface area contributed by atoms with Crippen LogP contribution in [0.5, 0.6) is 0 Å². The van der Waals surface area contributed by atoms with Crippen molar-refractivity contribution < 1.29 is 40.3 Å². The molecular formula is C28H24F7N3O2. The molecule has 40 heavy (non-hydrogen) atoms. The van der Waals surface area contributed by atoms with Crippen molar-refractivity contribution in [2.45, 2.75) is 50.4 Å². The summed E-state index contributed by atoms with van der Waals surface area (Å²) in [7, 11) is 0. The fourth-order valence-corrected chi connectivity index (χ4v) is 5.73. The van der Waals surface area contributed by atoms with E-state index in [4.69, 9.17) is 4.74 Å². The Balaban J connectivity index is 1.47. The number of benzene rings is 1. The third-order valence-corrected chi connectivity index (χ3v) is 7.63. The molecule has 0 bridgehead atoms. The Morgan fingerprint density at radius 3 is 2.25 bits per heavy atom. The summed E-state index contributed by atoms with van der Waals surface area (Å²) < 4.78 is 101. The molecule has 1 aliphatic carbocycles. The Hall–Kier alpha value is -3.54. The van der Waals surface area contributed by atoms with E-state index in [2.05, 4.69) is 9.97 Å². The average Bonchev–Trinajstić information content (AvgIpc) is 3.26. The Labute approximate surface area is 225 Å². The van der Waals surface area contributed by atoms with Gasteiger partial charge in [0, 0.05) is 42.5 Å². The van der Waals surface area contributed by atoms with Crippen molar-refractivity contribution in [1.82, 2.24) is 14.9 Å². The summed E-state index contributed by atoms with van der Waals surface area (Å²) in [6.07, 6.45) is -0.827. The van der Waals surface area contributed by atoms with Crippen molar-refractivity contribution in [3.05, 3.63) is 89.3 Å². The number of ether oxygens (including phenoxy) is 1. The number of nitrogens with zero attached hydrogens (tertiary/aromatic N) is 3. The Kier molecular flexibility index (Phi) is 7.32. The molecule has 2 aliphatic heterocycles. The van der Waals surface area contributed by atoms with Gasteiger partial charge in [0.15, 0.2) is 0 Å². The summed E-state index contributed by atoms with van der Waals surface area (Å²) in [5, 5.41) is 0. The van der Waals surface area contributed by atoms with E-state index in [9.17, 15) is 35.5 Å². The molecule has 5 rings (SSSR count). The highest BCUT2D eigenvalue weighted by molar-refractivity contribution is 5.97. The van der Waals surface area contributed by atoms with Crippen LogP contribution in [-0.4, -0.2) is 39.5 Å². The fourth-order valence-electron chi connectivity index (χ4n) is 5.73. The van der Waals surface area contributed by atoms with Gasteiger partial charge in [-0.05, 0) is 67.2 Å². The number of hydrogen-bond acceptors (Lipinski definition) is 4. The molecule has 0 spiro atoms. The predicted molar refractivity (Wildman–Crippen MR) is 130 cm³/mol. The summed E-state index contributed by atoms with van der Waals surface area (Å²) in [4.78, 5) is 22.8. The summed E-state index contributed by atoms with van der Waals surface area (Å²) in [5.74, 6) is -1.41. The first-order chi connectivity index (χ1) is 18.8. The molecule has 1 saturated heterocycles. The van der Waals surface area contributed by atoms with Crippen molar-refractivity contribution in [3.8, 4) is 0 Å². The molecule has 5 atom stereocenters. The fraction of sp³-hybridized carbons (Fsp3) is 0.393. The van der Waals surface area contributed by atoms with Crippen LogP contribution in [0.2, 0.25) is 0 Å². The number of alkyl halides is 6. The zero-order valence-electron chi connectivity index (χ0n) is 21.1. The molecule has 2 unspecified atom stereocenters. The van der Waals surface area contributed by atoms with E-state index in [-0.39, 0.29) is 30.0 Å². The van der Waals surface area contributed by atoms with Crippen molar-refractivity contribution >= 4 is 11.5 Å². The molecule has 0 saturated carbocycles. The van der Waals surface area contributed by atoms with Gasteiger partial charge in [-0.1, -0.05) is 6.08 Å². The average molecular weight is 568 g/mol. The van der Waals surface area contributed by atoms with Gasteiger partial charge in [0.2, 0.25) is 5.91 Å². The number of rotatable bonds is 5. The van der Waals surface area contributed by atoms with Gasteiger partial charge in [0.25, 0.3) is 0 Å². The maximum absolute atomic E-state index is 13.8. The number of halogens is 7. The van der Waals surface area contributed by atoms with Gasteiger partial charge in [-0.25, -0.2) is 14.4 Å². The van der Waals surface area contributed by atoms with E-state index >= 15 is 0 Å². The zero-order valence-corrected chi connectivity index (χ0v) is 21.1. The van der Waals surface area contributed by atoms with Crippen molar-refractivity contribution in [1.29, 1.82) is 0 Å². The van der Waals surface area contributed by atoms with Gasteiger partial charge >= 0.3 is 12.4 Å². The summed E-state index contributed by atoms with van der Waals surface area (Å²) >= 11 is 0. The maximum atomic E-state index is 13.8. The monoisotopic (exact) mass is 567 g/mol. The van der Waals surface area contributed by atoms with Gasteiger partial charge in [-0.2, -0.15) is 26.3 Å². The normalized spacial score (nSPS) is 25.9. The molecule has 1 aromatic heterocycles. The molecule has 0 radical (unpaired) electrons. The SMILES string of the molecule is C[C@@H](O[C@H]1CN2C(=O)C=C(c3cncnc3)C[C@H]2C1C1C=CC(F)=CC1)c1cc(C(F)(F)F)cc(C(F)(F)F)c1. The van der Waals surface area contributed by atoms with E-state index < -0.39 is 53.5 Å². The second-order valence-corrected chi connectivity index (χ2v) is 10.1. The van der Waals surface area contributed by atoms with Crippen LogP contribution < -0.4 is 0 Å². The van der Waals surface area contributed by atoms with Crippen LogP contribution in [0, 0.1) is 11.8 Å². The van der Waals surface area contributed by atoms with Gasteiger partial charge < -0.3 is 9.64 Å². The van der Waals surface area contributed by atoms with E-state index in [0.717, 1.165) is 0 Å². The topological polar surface area (TPSA) is 55.3 Å². The van der Waals surface area contributed by atoms with Crippen LogP contribution in [-0.2, 0) is 21.9 Å². The lowest BCUT2D eigenvalue weighted by atomic mass is 9.77. The van der Waals surface area contributed by atoms with Crippen LogP contribution in [0.15, 0.2) is 67.1 Å². The Morgan fingerprint density at radius 1 is 1.02 bits per heavy atom. The van der Waals surface area contributed by atoms with Gasteiger partial charge in [-0.3, -0.25) is 4.79 Å². The van der Waals surface area contributed by atoms with E-state index in [1.54, 1.807) is 23.4 Å². The van der Waals surface area contributed by atoms with Crippen molar-refractivity contribution in [2.75, 3.05) is 6.54 Å². The lowest BCUT2D eigenvalue weighted by Crippen LogP contribution is -2.41. The molecule has 2 aromatic rings.